The van der Waals surface area contributed by atoms with Crippen LogP contribution in [0.2, 0.25) is 0 Å². The lowest BCUT2D eigenvalue weighted by atomic mass is 9.98. The zero-order chi connectivity index (χ0) is 37.0. The molecule has 0 saturated carbocycles. The van der Waals surface area contributed by atoms with E-state index in [0.29, 0.717) is 17.6 Å². The minimum atomic E-state index is 0.571. The number of para-hydroxylation sites is 3. The lowest BCUT2D eigenvalue weighted by Crippen LogP contribution is -2.06. The van der Waals surface area contributed by atoms with Crippen molar-refractivity contribution in [1.29, 1.82) is 0 Å². The molecule has 0 N–H and O–H groups in total. The smallest absolute Gasteiger partial charge is 0.238 e. The first-order valence-corrected chi connectivity index (χ1v) is 18.9. The van der Waals surface area contributed by atoms with Gasteiger partial charge in [-0.2, -0.15) is 9.97 Å². The number of aromatic nitrogens is 5. The van der Waals surface area contributed by atoms with Gasteiger partial charge in [-0.05, 0) is 64.7 Å². The molecule has 11 aromatic rings. The number of fused-ring (bicyclic) bond motifs is 6. The first kappa shape index (κ1) is 31.9. The van der Waals surface area contributed by atoms with Crippen molar-refractivity contribution in [3.8, 4) is 56.7 Å². The van der Waals surface area contributed by atoms with Crippen LogP contribution in [-0.2, 0) is 0 Å². The second kappa shape index (κ2) is 13.0. The van der Waals surface area contributed by atoms with Gasteiger partial charge in [-0.3, -0.25) is 4.57 Å². The van der Waals surface area contributed by atoms with Crippen LogP contribution in [0.1, 0.15) is 0 Å². The van der Waals surface area contributed by atoms with Gasteiger partial charge in [0.15, 0.2) is 11.6 Å². The van der Waals surface area contributed by atoms with Crippen LogP contribution in [0.15, 0.2) is 200 Å². The highest BCUT2D eigenvalue weighted by Gasteiger charge is 2.21. The molecule has 0 fully saturated rings. The van der Waals surface area contributed by atoms with E-state index in [1.54, 1.807) is 0 Å². The van der Waals surface area contributed by atoms with E-state index in [1.807, 2.05) is 24.3 Å². The summed E-state index contributed by atoms with van der Waals surface area (Å²) in [5, 5.41) is 4.71. The Hall–Kier alpha value is -7.63. The van der Waals surface area contributed by atoms with E-state index in [1.165, 1.54) is 27.4 Å². The summed E-state index contributed by atoms with van der Waals surface area (Å²) < 4.78 is 4.57. The van der Waals surface area contributed by atoms with E-state index in [2.05, 4.69) is 185 Å². The summed E-state index contributed by atoms with van der Waals surface area (Å²) in [6.07, 6.45) is 0. The van der Waals surface area contributed by atoms with Gasteiger partial charge in [0.2, 0.25) is 5.95 Å². The van der Waals surface area contributed by atoms with Crippen molar-refractivity contribution in [2.24, 2.45) is 0 Å². The molecule has 5 heteroatoms. The second-order valence-electron chi connectivity index (χ2n) is 14.1. The molecule has 0 aliphatic heterocycles. The molecule has 8 aromatic carbocycles. The fraction of sp³-hybridized carbons (Fsp3) is 0. The molecule has 0 bridgehead atoms. The number of hydrogen-bond donors (Lipinski definition) is 0. The Kier molecular flexibility index (Phi) is 7.42. The maximum Gasteiger partial charge on any atom is 0.238 e. The zero-order valence-electron chi connectivity index (χ0n) is 30.3. The molecule has 5 nitrogen and oxygen atoms in total. The fourth-order valence-electron chi connectivity index (χ4n) is 8.13. The first-order chi connectivity index (χ1) is 27.8. The van der Waals surface area contributed by atoms with Gasteiger partial charge in [0.25, 0.3) is 0 Å². The fourth-order valence-corrected chi connectivity index (χ4v) is 8.13. The zero-order valence-corrected chi connectivity index (χ0v) is 30.3. The molecular formula is C51H33N5. The molecule has 56 heavy (non-hydrogen) atoms. The third-order valence-electron chi connectivity index (χ3n) is 10.8. The molecule has 262 valence electrons. The SMILES string of the molecule is c1ccc(-c2cccc(-c3ccc(-c4nc(-c5ccccc5)nc(-n5c6ccccc6c6cc7c8ccccc8n(-c8ccccc8)c7cc65)n4)cc3)c2)cc1. The van der Waals surface area contributed by atoms with Crippen LogP contribution in [0, 0.1) is 0 Å². The molecule has 3 aromatic heterocycles. The quantitative estimate of drug-likeness (QED) is 0.172. The Morgan fingerprint density at radius 3 is 1.34 bits per heavy atom. The summed E-state index contributed by atoms with van der Waals surface area (Å²) in [4.78, 5) is 15.6. The largest absolute Gasteiger partial charge is 0.309 e. The van der Waals surface area contributed by atoms with Gasteiger partial charge in [-0.25, -0.2) is 4.98 Å². The van der Waals surface area contributed by atoms with Gasteiger partial charge in [0.1, 0.15) is 0 Å². The van der Waals surface area contributed by atoms with Crippen LogP contribution < -0.4 is 0 Å². The number of rotatable bonds is 6. The summed E-state index contributed by atoms with van der Waals surface area (Å²) in [5.74, 6) is 1.81. The number of benzene rings is 8. The Morgan fingerprint density at radius 1 is 0.268 bits per heavy atom. The van der Waals surface area contributed by atoms with Crippen LogP contribution in [0.5, 0.6) is 0 Å². The van der Waals surface area contributed by atoms with Crippen molar-refractivity contribution >= 4 is 43.6 Å². The summed E-state index contributed by atoms with van der Waals surface area (Å²) in [6, 6.07) is 70.3. The van der Waals surface area contributed by atoms with E-state index >= 15 is 0 Å². The molecule has 0 spiro atoms. The highest BCUT2D eigenvalue weighted by Crippen LogP contribution is 2.39. The van der Waals surface area contributed by atoms with E-state index < -0.39 is 0 Å². The lowest BCUT2D eigenvalue weighted by molar-refractivity contribution is 0.953. The maximum atomic E-state index is 5.27. The van der Waals surface area contributed by atoms with Gasteiger partial charge in [0.05, 0.1) is 22.1 Å². The van der Waals surface area contributed by atoms with Gasteiger partial charge in [-0.15, -0.1) is 0 Å². The van der Waals surface area contributed by atoms with Gasteiger partial charge in [-0.1, -0.05) is 158 Å². The molecule has 0 radical (unpaired) electrons. The standard InChI is InChI=1S/C51H33N5/c1-4-15-34(16-5-1)38-19-14-20-39(31-38)35-27-29-37(30-28-35)50-52-49(36-17-6-2-7-18-36)53-51(54-50)56-46-26-13-11-24-42(46)44-32-43-41-23-10-12-25-45(41)55(47(43)33-48(44)56)40-21-8-3-9-22-40/h1-33H. The molecule has 0 amide bonds. The summed E-state index contributed by atoms with van der Waals surface area (Å²) >= 11 is 0. The van der Waals surface area contributed by atoms with Crippen molar-refractivity contribution in [2.45, 2.75) is 0 Å². The number of hydrogen-bond acceptors (Lipinski definition) is 3. The minimum absolute atomic E-state index is 0.571. The highest BCUT2D eigenvalue weighted by atomic mass is 15.2. The average molecular weight is 716 g/mol. The Balaban J connectivity index is 1.12. The lowest BCUT2D eigenvalue weighted by Gasteiger charge is -2.12. The molecule has 0 atom stereocenters. The van der Waals surface area contributed by atoms with Crippen LogP contribution >= 0.6 is 0 Å². The van der Waals surface area contributed by atoms with E-state index in [4.69, 9.17) is 15.0 Å². The van der Waals surface area contributed by atoms with Crippen molar-refractivity contribution in [3.05, 3.63) is 200 Å². The average Bonchev–Trinajstić information content (AvgIpc) is 3.78. The van der Waals surface area contributed by atoms with Crippen molar-refractivity contribution in [2.75, 3.05) is 0 Å². The van der Waals surface area contributed by atoms with Crippen LogP contribution in [0.3, 0.4) is 0 Å². The van der Waals surface area contributed by atoms with E-state index in [9.17, 15) is 0 Å². The predicted molar refractivity (Wildman–Crippen MR) is 230 cm³/mol. The third kappa shape index (κ3) is 5.29. The Bertz CT molecular complexity index is 3220. The Morgan fingerprint density at radius 2 is 0.714 bits per heavy atom. The second-order valence-corrected chi connectivity index (χ2v) is 14.1. The van der Waals surface area contributed by atoms with Crippen molar-refractivity contribution < 1.29 is 0 Å². The maximum absolute atomic E-state index is 5.27. The van der Waals surface area contributed by atoms with Crippen molar-refractivity contribution in [3.63, 3.8) is 0 Å². The first-order valence-electron chi connectivity index (χ1n) is 18.9. The molecule has 3 heterocycles. The molecule has 0 saturated heterocycles. The van der Waals surface area contributed by atoms with E-state index in [0.717, 1.165) is 55.3 Å². The van der Waals surface area contributed by atoms with Gasteiger partial charge >= 0.3 is 0 Å². The monoisotopic (exact) mass is 715 g/mol. The topological polar surface area (TPSA) is 48.5 Å². The van der Waals surface area contributed by atoms with Crippen molar-refractivity contribution in [1.82, 2.24) is 24.1 Å². The normalized spacial score (nSPS) is 11.6. The molecule has 11 rings (SSSR count). The Labute approximate surface area is 323 Å². The van der Waals surface area contributed by atoms with Gasteiger partial charge < -0.3 is 4.57 Å². The van der Waals surface area contributed by atoms with Crippen LogP contribution in [0.4, 0.5) is 0 Å². The highest BCUT2D eigenvalue weighted by molar-refractivity contribution is 6.19. The van der Waals surface area contributed by atoms with E-state index in [-0.39, 0.29) is 0 Å². The predicted octanol–water partition coefficient (Wildman–Crippen LogP) is 12.7. The molecule has 0 aliphatic rings. The summed E-state index contributed by atoms with van der Waals surface area (Å²) in [7, 11) is 0. The van der Waals surface area contributed by atoms with Gasteiger partial charge in [0, 0.05) is 38.4 Å². The summed E-state index contributed by atoms with van der Waals surface area (Å²) in [6.45, 7) is 0. The molecule has 0 aliphatic carbocycles. The molecule has 0 unspecified atom stereocenters. The third-order valence-corrected chi connectivity index (χ3v) is 10.8. The van der Waals surface area contributed by atoms with Crippen LogP contribution in [-0.4, -0.2) is 24.1 Å². The summed E-state index contributed by atoms with van der Waals surface area (Å²) in [5.41, 5.74) is 12.0. The van der Waals surface area contributed by atoms with Crippen LogP contribution in [0.25, 0.3) is 100 Å². The number of nitrogens with zero attached hydrogens (tertiary/aromatic N) is 5. The minimum Gasteiger partial charge on any atom is -0.309 e. The molecular weight excluding hydrogens is 683 g/mol.